The molecule has 0 heterocycles. The zero-order valence-electron chi connectivity index (χ0n) is 12.0. The summed E-state index contributed by atoms with van der Waals surface area (Å²) in [6, 6.07) is 3.53. The van der Waals surface area contributed by atoms with E-state index < -0.39 is 0 Å². The summed E-state index contributed by atoms with van der Waals surface area (Å²) in [5.41, 5.74) is 0.638. The van der Waals surface area contributed by atoms with Gasteiger partial charge in [0.15, 0.2) is 0 Å². The molecule has 4 nitrogen and oxygen atoms in total. The zero-order valence-corrected chi connectivity index (χ0v) is 14.3. The van der Waals surface area contributed by atoms with Crippen molar-refractivity contribution in [1.82, 2.24) is 4.90 Å². The van der Waals surface area contributed by atoms with E-state index in [4.69, 9.17) is 16.3 Å². The van der Waals surface area contributed by atoms with Gasteiger partial charge in [0.05, 0.1) is 15.2 Å². The third kappa shape index (κ3) is 4.96. The van der Waals surface area contributed by atoms with Gasteiger partial charge >= 0.3 is 0 Å². The summed E-state index contributed by atoms with van der Waals surface area (Å²) in [7, 11) is 0. The van der Waals surface area contributed by atoms with Crippen LogP contribution in [-0.2, 0) is 4.79 Å². The van der Waals surface area contributed by atoms with Crippen LogP contribution >= 0.6 is 27.5 Å². The van der Waals surface area contributed by atoms with Gasteiger partial charge in [-0.2, -0.15) is 0 Å². The summed E-state index contributed by atoms with van der Waals surface area (Å²) >= 11 is 9.60. The lowest BCUT2D eigenvalue weighted by Crippen LogP contribution is -2.27. The predicted octanol–water partition coefficient (Wildman–Crippen LogP) is 3.78. The maximum Gasteiger partial charge on any atom is 0.221 e. The third-order valence-electron chi connectivity index (χ3n) is 2.92. The van der Waals surface area contributed by atoms with E-state index in [-0.39, 0.29) is 5.91 Å². The molecule has 0 aromatic heterocycles. The molecule has 0 fully saturated rings. The van der Waals surface area contributed by atoms with Crippen molar-refractivity contribution in [1.29, 1.82) is 0 Å². The summed E-state index contributed by atoms with van der Waals surface area (Å²) in [6.45, 7) is 9.12. The Morgan fingerprint density at radius 2 is 2.05 bits per heavy atom. The molecule has 0 aliphatic carbocycles. The number of carbonyl (C=O) groups is 1. The van der Waals surface area contributed by atoms with Crippen molar-refractivity contribution in [3.8, 4) is 5.75 Å². The molecule has 112 valence electrons. The summed E-state index contributed by atoms with van der Waals surface area (Å²) in [5, 5.41) is 3.17. The van der Waals surface area contributed by atoms with Gasteiger partial charge in [-0.25, -0.2) is 0 Å². The number of nitrogens with one attached hydrogen (secondary N) is 1. The van der Waals surface area contributed by atoms with Crippen LogP contribution in [0.1, 0.15) is 20.8 Å². The minimum Gasteiger partial charge on any atom is -0.491 e. The van der Waals surface area contributed by atoms with Gasteiger partial charge in [-0.15, -0.1) is 0 Å². The van der Waals surface area contributed by atoms with E-state index in [0.29, 0.717) is 27.5 Å². The second kappa shape index (κ2) is 8.49. The molecule has 0 saturated heterocycles. The molecule has 0 radical (unpaired) electrons. The lowest BCUT2D eigenvalue weighted by atomic mass is 10.3. The molecular weight excluding hydrogens is 344 g/mol. The van der Waals surface area contributed by atoms with Crippen molar-refractivity contribution in [3.05, 3.63) is 21.6 Å². The average Bonchev–Trinajstić information content (AvgIpc) is 2.42. The molecule has 0 bridgehead atoms. The van der Waals surface area contributed by atoms with Crippen LogP contribution < -0.4 is 10.1 Å². The first-order chi connectivity index (χ1) is 9.49. The molecule has 0 saturated carbocycles. The Labute approximate surface area is 133 Å². The Kier molecular flexibility index (Phi) is 7.34. The number of benzene rings is 1. The number of hydrogen-bond donors (Lipinski definition) is 1. The van der Waals surface area contributed by atoms with Gasteiger partial charge in [-0.3, -0.25) is 4.79 Å². The minimum absolute atomic E-state index is 0.142. The monoisotopic (exact) mass is 362 g/mol. The molecule has 1 N–H and O–H groups in total. The summed E-state index contributed by atoms with van der Waals surface area (Å²) in [5.74, 6) is 0.469. The summed E-state index contributed by atoms with van der Waals surface area (Å²) in [4.78, 5) is 13.3. The average molecular weight is 364 g/mol. The molecule has 0 aliphatic rings. The van der Waals surface area contributed by atoms with E-state index in [0.717, 1.165) is 19.6 Å². The molecule has 1 amide bonds. The molecule has 6 heteroatoms. The predicted molar refractivity (Wildman–Crippen MR) is 86.7 cm³/mol. The van der Waals surface area contributed by atoms with Gasteiger partial charge in [0.2, 0.25) is 5.91 Å². The standard InChI is InChI=1S/C14H20BrClN2O2/c1-4-18(5-2)8-9-20-12-7-6-11(17-10(3)19)13(15)14(12)16/h6-7H,4-5,8-9H2,1-3H3,(H,17,19). The summed E-state index contributed by atoms with van der Waals surface area (Å²) in [6.07, 6.45) is 0. The van der Waals surface area contributed by atoms with E-state index >= 15 is 0 Å². The van der Waals surface area contributed by atoms with E-state index in [1.54, 1.807) is 12.1 Å². The van der Waals surface area contributed by atoms with Crippen molar-refractivity contribution in [2.75, 3.05) is 31.6 Å². The van der Waals surface area contributed by atoms with Gasteiger partial charge in [0.25, 0.3) is 0 Å². The lowest BCUT2D eigenvalue weighted by Gasteiger charge is -2.18. The van der Waals surface area contributed by atoms with Crippen molar-refractivity contribution in [2.24, 2.45) is 0 Å². The first kappa shape index (κ1) is 17.3. The van der Waals surface area contributed by atoms with Gasteiger partial charge in [-0.1, -0.05) is 25.4 Å². The SMILES string of the molecule is CCN(CC)CCOc1ccc(NC(C)=O)c(Br)c1Cl. The van der Waals surface area contributed by atoms with Crippen molar-refractivity contribution in [2.45, 2.75) is 20.8 Å². The number of ether oxygens (including phenoxy) is 1. The highest BCUT2D eigenvalue weighted by atomic mass is 79.9. The first-order valence-corrected chi connectivity index (χ1v) is 7.77. The Hall–Kier alpha value is -0.780. The molecule has 1 aromatic rings. The Bertz CT molecular complexity index is 465. The van der Waals surface area contributed by atoms with Crippen LogP contribution in [0.5, 0.6) is 5.75 Å². The molecule has 1 rings (SSSR count). The molecular formula is C14H20BrClN2O2. The number of amides is 1. The second-order valence-electron chi connectivity index (χ2n) is 4.30. The second-order valence-corrected chi connectivity index (χ2v) is 5.47. The number of nitrogens with zero attached hydrogens (tertiary/aromatic N) is 1. The molecule has 0 unspecified atom stereocenters. The highest BCUT2D eigenvalue weighted by Gasteiger charge is 2.11. The highest BCUT2D eigenvalue weighted by Crippen LogP contribution is 2.37. The molecule has 0 spiro atoms. The minimum atomic E-state index is -0.142. The molecule has 1 aromatic carbocycles. The van der Waals surface area contributed by atoms with Gasteiger partial charge < -0.3 is 15.0 Å². The maximum absolute atomic E-state index is 11.1. The van der Waals surface area contributed by atoms with Crippen molar-refractivity contribution < 1.29 is 9.53 Å². The van der Waals surface area contributed by atoms with Crippen LogP contribution in [-0.4, -0.2) is 37.0 Å². The molecule has 0 aliphatic heterocycles. The van der Waals surface area contributed by atoms with E-state index in [1.165, 1.54) is 6.92 Å². The van der Waals surface area contributed by atoms with E-state index in [9.17, 15) is 4.79 Å². The fourth-order valence-corrected chi connectivity index (χ4v) is 2.40. The van der Waals surface area contributed by atoms with Gasteiger partial charge in [0.1, 0.15) is 12.4 Å². The smallest absolute Gasteiger partial charge is 0.221 e. The fraction of sp³-hybridized carbons (Fsp3) is 0.500. The van der Waals surface area contributed by atoms with Crippen LogP contribution in [0, 0.1) is 0 Å². The van der Waals surface area contributed by atoms with Crippen LogP contribution in [0.15, 0.2) is 16.6 Å². The molecule has 20 heavy (non-hydrogen) atoms. The number of carbonyl (C=O) groups excluding carboxylic acids is 1. The number of halogens is 2. The molecule has 0 atom stereocenters. The number of rotatable bonds is 7. The Balaban J connectivity index is 2.68. The van der Waals surface area contributed by atoms with Crippen molar-refractivity contribution in [3.63, 3.8) is 0 Å². The third-order valence-corrected chi connectivity index (χ3v) is 4.34. The largest absolute Gasteiger partial charge is 0.491 e. The first-order valence-electron chi connectivity index (χ1n) is 6.60. The lowest BCUT2D eigenvalue weighted by molar-refractivity contribution is -0.114. The maximum atomic E-state index is 11.1. The fourth-order valence-electron chi connectivity index (χ4n) is 1.75. The van der Waals surface area contributed by atoms with Gasteiger partial charge in [-0.05, 0) is 41.2 Å². The normalized spacial score (nSPS) is 10.7. The summed E-state index contributed by atoms with van der Waals surface area (Å²) < 4.78 is 6.33. The topological polar surface area (TPSA) is 41.6 Å². The van der Waals surface area contributed by atoms with Gasteiger partial charge in [0, 0.05) is 13.5 Å². The van der Waals surface area contributed by atoms with Crippen LogP contribution in [0.2, 0.25) is 5.02 Å². The number of hydrogen-bond acceptors (Lipinski definition) is 3. The van der Waals surface area contributed by atoms with E-state index in [1.807, 2.05) is 0 Å². The highest BCUT2D eigenvalue weighted by molar-refractivity contribution is 9.10. The van der Waals surface area contributed by atoms with E-state index in [2.05, 4.69) is 40.0 Å². The van der Waals surface area contributed by atoms with Crippen LogP contribution in [0.3, 0.4) is 0 Å². The van der Waals surface area contributed by atoms with Crippen molar-refractivity contribution >= 4 is 39.1 Å². The zero-order chi connectivity index (χ0) is 15.1. The van der Waals surface area contributed by atoms with Crippen LogP contribution in [0.4, 0.5) is 5.69 Å². The number of likely N-dealkylation sites (N-methyl/N-ethyl adjacent to an activating group) is 1. The Morgan fingerprint density at radius 1 is 1.40 bits per heavy atom. The quantitative estimate of drug-likeness (QED) is 0.801. The Morgan fingerprint density at radius 3 is 2.60 bits per heavy atom. The number of anilines is 1. The van der Waals surface area contributed by atoms with Crippen LogP contribution in [0.25, 0.3) is 0 Å².